The average Bonchev–Trinajstić information content (AvgIpc) is 3.10. The van der Waals surface area contributed by atoms with E-state index in [9.17, 15) is 26.0 Å². The van der Waals surface area contributed by atoms with E-state index >= 15 is 0 Å². The predicted octanol–water partition coefficient (Wildman–Crippen LogP) is 3.49. The van der Waals surface area contributed by atoms with Gasteiger partial charge in [-0.3, -0.25) is 0 Å². The first-order valence-electron chi connectivity index (χ1n) is 6.94. The lowest BCUT2D eigenvalue weighted by Crippen LogP contribution is -2.23. The van der Waals surface area contributed by atoms with Crippen molar-refractivity contribution in [3.05, 3.63) is 60.7 Å². The molecular weight excluding hydrogens is 378 g/mol. The summed E-state index contributed by atoms with van der Waals surface area (Å²) in [6.45, 7) is 0. The molecule has 0 atom stereocenters. The van der Waals surface area contributed by atoms with Gasteiger partial charge in [0, 0.05) is 6.07 Å². The van der Waals surface area contributed by atoms with Crippen LogP contribution in [-0.4, -0.2) is 28.9 Å². The molecule has 0 unspecified atom stereocenters. The van der Waals surface area contributed by atoms with E-state index in [1.807, 2.05) is 0 Å². The molecule has 0 aliphatic carbocycles. The van der Waals surface area contributed by atoms with Gasteiger partial charge in [-0.05, 0) is 30.3 Å². The number of hydrogen-bond acceptors (Lipinski definition) is 5. The van der Waals surface area contributed by atoms with E-state index in [1.54, 1.807) is 6.07 Å². The Kier molecular flexibility index (Phi) is 4.40. The van der Waals surface area contributed by atoms with Gasteiger partial charge in [0.15, 0.2) is 0 Å². The van der Waals surface area contributed by atoms with Crippen molar-refractivity contribution in [2.24, 2.45) is 0 Å². The Morgan fingerprint density at radius 2 is 1.85 bits per heavy atom. The summed E-state index contributed by atoms with van der Waals surface area (Å²) >= 11 is 0. The molecule has 0 radical (unpaired) electrons. The van der Waals surface area contributed by atoms with Crippen LogP contribution in [0.15, 0.2) is 59.8 Å². The van der Waals surface area contributed by atoms with E-state index in [4.69, 9.17) is 4.74 Å². The fourth-order valence-corrected chi connectivity index (χ4v) is 2.95. The summed E-state index contributed by atoms with van der Waals surface area (Å²) in [5.41, 5.74) is -5.12. The molecule has 1 heterocycles. The minimum absolute atomic E-state index is 0.0308. The highest BCUT2D eigenvalue weighted by molar-refractivity contribution is 7.92. The second-order valence-electron chi connectivity index (χ2n) is 4.99. The zero-order valence-electron chi connectivity index (χ0n) is 12.7. The van der Waals surface area contributed by atoms with Crippen LogP contribution in [0.5, 0.6) is 11.5 Å². The molecule has 0 saturated carbocycles. The Bertz CT molecular complexity index is 1030. The van der Waals surface area contributed by atoms with Crippen molar-refractivity contribution >= 4 is 9.84 Å². The molecule has 0 bridgehead atoms. The fourth-order valence-electron chi connectivity index (χ4n) is 2.06. The van der Waals surface area contributed by atoms with Crippen LogP contribution in [0.25, 0.3) is 5.69 Å². The van der Waals surface area contributed by atoms with Crippen molar-refractivity contribution in [2.75, 3.05) is 0 Å². The quantitative estimate of drug-likeness (QED) is 0.641. The molecule has 3 aromatic rings. The van der Waals surface area contributed by atoms with E-state index in [1.165, 1.54) is 35.3 Å². The molecule has 0 aliphatic heterocycles. The monoisotopic (exact) mass is 387 g/mol. The van der Waals surface area contributed by atoms with E-state index in [0.29, 0.717) is 5.69 Å². The van der Waals surface area contributed by atoms with E-state index < -0.39 is 31.8 Å². The first-order valence-corrected chi connectivity index (χ1v) is 8.42. The van der Waals surface area contributed by atoms with Crippen molar-refractivity contribution in [3.8, 4) is 17.2 Å². The number of alkyl halides is 3. The maximum atomic E-state index is 13.3. The lowest BCUT2D eigenvalue weighted by atomic mass is 10.3. The van der Waals surface area contributed by atoms with E-state index in [0.717, 1.165) is 12.1 Å². The molecule has 0 aliphatic rings. The summed E-state index contributed by atoms with van der Waals surface area (Å²) in [6, 6.07) is 7.82. The van der Waals surface area contributed by atoms with Gasteiger partial charge in [0.05, 0.1) is 18.1 Å². The molecule has 3 rings (SSSR count). The molecule has 6 nitrogen and oxygen atoms in total. The molecule has 1 aromatic heterocycles. The Balaban J connectivity index is 2.03. The van der Waals surface area contributed by atoms with Crippen LogP contribution in [0.1, 0.15) is 0 Å². The number of aromatic nitrogens is 3. The van der Waals surface area contributed by atoms with E-state index in [-0.39, 0.29) is 11.8 Å². The normalized spacial score (nSPS) is 12.2. The van der Waals surface area contributed by atoms with Crippen LogP contribution >= 0.6 is 0 Å². The summed E-state index contributed by atoms with van der Waals surface area (Å²) in [5.74, 6) is -1.76. The smallest absolute Gasteiger partial charge is 0.456 e. The first kappa shape index (κ1) is 17.9. The third kappa shape index (κ3) is 3.38. The van der Waals surface area contributed by atoms with Crippen LogP contribution in [0.4, 0.5) is 17.6 Å². The lowest BCUT2D eigenvalue weighted by Gasteiger charge is -2.14. The molecule has 0 amide bonds. The molecule has 0 fully saturated rings. The van der Waals surface area contributed by atoms with Gasteiger partial charge in [-0.1, -0.05) is 11.3 Å². The fraction of sp³-hybridized carbons (Fsp3) is 0.0667. The van der Waals surface area contributed by atoms with Crippen LogP contribution in [0.2, 0.25) is 0 Å². The van der Waals surface area contributed by atoms with Crippen molar-refractivity contribution in [1.82, 2.24) is 15.0 Å². The van der Waals surface area contributed by atoms with Gasteiger partial charge in [0.2, 0.25) is 0 Å². The van der Waals surface area contributed by atoms with Gasteiger partial charge in [0.25, 0.3) is 9.84 Å². The third-order valence-corrected chi connectivity index (χ3v) is 4.74. The van der Waals surface area contributed by atoms with Crippen molar-refractivity contribution in [1.29, 1.82) is 0 Å². The van der Waals surface area contributed by atoms with E-state index in [2.05, 4.69) is 10.3 Å². The van der Waals surface area contributed by atoms with Crippen molar-refractivity contribution in [2.45, 2.75) is 10.4 Å². The largest absolute Gasteiger partial charge is 0.502 e. The number of halogens is 4. The van der Waals surface area contributed by atoms with Gasteiger partial charge in [0.1, 0.15) is 22.2 Å². The Labute approximate surface area is 144 Å². The maximum absolute atomic E-state index is 13.3. The van der Waals surface area contributed by atoms with Crippen molar-refractivity contribution < 1.29 is 30.7 Å². The molecule has 136 valence electrons. The maximum Gasteiger partial charge on any atom is 0.502 e. The molecule has 0 N–H and O–H groups in total. The van der Waals surface area contributed by atoms with Gasteiger partial charge in [-0.2, -0.15) is 13.2 Å². The summed E-state index contributed by atoms with van der Waals surface area (Å²) in [6.07, 6.45) is 2.94. The highest BCUT2D eigenvalue weighted by Crippen LogP contribution is 2.37. The number of benzene rings is 2. The summed E-state index contributed by atoms with van der Waals surface area (Å²) in [7, 11) is -5.80. The minimum Gasteiger partial charge on any atom is -0.456 e. The molecule has 26 heavy (non-hydrogen) atoms. The average molecular weight is 387 g/mol. The number of rotatable bonds is 4. The van der Waals surface area contributed by atoms with Gasteiger partial charge >= 0.3 is 5.51 Å². The van der Waals surface area contributed by atoms with Crippen molar-refractivity contribution in [3.63, 3.8) is 0 Å². The predicted molar refractivity (Wildman–Crippen MR) is 81.1 cm³/mol. The summed E-state index contributed by atoms with van der Waals surface area (Å²) in [5, 5.41) is 7.37. The number of ether oxygens (including phenoxy) is 1. The van der Waals surface area contributed by atoms with Crippen LogP contribution in [0.3, 0.4) is 0 Å². The first-order chi connectivity index (χ1) is 12.2. The van der Waals surface area contributed by atoms with Gasteiger partial charge in [-0.25, -0.2) is 17.5 Å². The molecule has 11 heteroatoms. The third-order valence-electron chi connectivity index (χ3n) is 3.23. The van der Waals surface area contributed by atoms with Crippen LogP contribution in [-0.2, 0) is 9.84 Å². The van der Waals surface area contributed by atoms with Gasteiger partial charge in [-0.15, -0.1) is 5.10 Å². The second-order valence-corrected chi connectivity index (χ2v) is 6.90. The zero-order valence-corrected chi connectivity index (χ0v) is 13.5. The molecule has 0 spiro atoms. The number of sulfone groups is 1. The number of hydrogen-bond donors (Lipinski definition) is 0. The highest BCUT2D eigenvalue weighted by atomic mass is 32.2. The Morgan fingerprint density at radius 1 is 1.08 bits per heavy atom. The second kappa shape index (κ2) is 6.41. The zero-order chi connectivity index (χ0) is 18.9. The van der Waals surface area contributed by atoms with Crippen LogP contribution < -0.4 is 4.74 Å². The number of nitrogens with zero attached hydrogens (tertiary/aromatic N) is 3. The van der Waals surface area contributed by atoms with Crippen LogP contribution in [0, 0.1) is 5.82 Å². The van der Waals surface area contributed by atoms with Gasteiger partial charge < -0.3 is 4.74 Å². The topological polar surface area (TPSA) is 74.1 Å². The highest BCUT2D eigenvalue weighted by Gasteiger charge is 2.48. The Morgan fingerprint density at radius 3 is 2.50 bits per heavy atom. The Hall–Kier alpha value is -2.95. The summed E-state index contributed by atoms with van der Waals surface area (Å²) in [4.78, 5) is -1.31. The lowest BCUT2D eigenvalue weighted by molar-refractivity contribution is -0.0437. The standard InChI is InChI=1S/C15H9F4N3O3S/c16-10-4-5-13(14(8-10)26(23,24)15(17,18)19)25-12-3-1-2-11(9-12)22-7-6-20-21-22/h1-9H. The molecular formula is C15H9F4N3O3S. The minimum atomic E-state index is -5.80. The molecule has 0 saturated heterocycles. The molecule has 2 aromatic carbocycles. The summed E-state index contributed by atoms with van der Waals surface area (Å²) < 4.78 is 81.9. The SMILES string of the molecule is O=S(=O)(c1cc(F)ccc1Oc1cccc(-n2ccnn2)c1)C(F)(F)F.